The predicted octanol–water partition coefficient (Wildman–Crippen LogP) is 8.40. The van der Waals surface area contributed by atoms with Gasteiger partial charge in [-0.3, -0.25) is 9.59 Å². The van der Waals surface area contributed by atoms with Crippen molar-refractivity contribution in [3.8, 4) is 22.6 Å². The molecule has 0 saturated carbocycles. The first-order valence-electron chi connectivity index (χ1n) is 14.8. The molecule has 0 spiro atoms. The molecule has 0 saturated heterocycles. The molecule has 0 aliphatic rings. The molecule has 234 valence electrons. The van der Waals surface area contributed by atoms with Crippen molar-refractivity contribution in [2.24, 2.45) is 0 Å². The minimum absolute atomic E-state index is 0.121. The van der Waals surface area contributed by atoms with Crippen molar-refractivity contribution in [1.82, 2.24) is 4.90 Å². The standard InChI is InChI=1S/C36H37ClN2O6/c1-43-34(40)11-7-4-8-23-38-33-21-18-29(37)25-32(33)35(41)39(36(42)44-2)24-22-26-12-14-27(15-13-26)28-16-19-31(20-17-28)45-30-9-5-3-6-10-30/h3,5-6,9-10,12-21,25,38H,4,7-8,11,22-24H2,1-2H3. The fourth-order valence-corrected chi connectivity index (χ4v) is 4.89. The molecule has 0 aliphatic heterocycles. The summed E-state index contributed by atoms with van der Waals surface area (Å²) in [4.78, 5) is 38.7. The number of nitrogens with zero attached hydrogens (tertiary/aromatic N) is 1. The molecule has 0 unspecified atom stereocenters. The van der Waals surface area contributed by atoms with E-state index in [1.165, 1.54) is 14.2 Å². The Morgan fingerprint density at radius 2 is 1.42 bits per heavy atom. The lowest BCUT2D eigenvalue weighted by Gasteiger charge is -2.21. The molecule has 9 heteroatoms. The molecule has 4 rings (SSSR count). The smallest absolute Gasteiger partial charge is 0.416 e. The Bertz CT molecular complexity index is 1560. The zero-order valence-electron chi connectivity index (χ0n) is 25.5. The molecule has 0 radical (unpaired) electrons. The summed E-state index contributed by atoms with van der Waals surface area (Å²) < 4.78 is 15.5. The second-order valence-electron chi connectivity index (χ2n) is 10.3. The van der Waals surface area contributed by atoms with Crippen LogP contribution in [0.1, 0.15) is 41.6 Å². The number of halogens is 1. The number of esters is 1. The maximum Gasteiger partial charge on any atom is 0.416 e. The van der Waals surface area contributed by atoms with Crippen LogP contribution < -0.4 is 10.1 Å². The van der Waals surface area contributed by atoms with Crippen molar-refractivity contribution >= 4 is 35.3 Å². The molecular formula is C36H37ClN2O6. The number of imide groups is 1. The van der Waals surface area contributed by atoms with Gasteiger partial charge in [0.25, 0.3) is 5.91 Å². The number of nitrogens with one attached hydrogen (secondary N) is 1. The van der Waals surface area contributed by atoms with Crippen molar-refractivity contribution in [2.75, 3.05) is 32.6 Å². The Balaban J connectivity index is 1.37. The van der Waals surface area contributed by atoms with Crippen molar-refractivity contribution in [3.05, 3.63) is 113 Å². The number of ether oxygens (including phenoxy) is 3. The summed E-state index contributed by atoms with van der Waals surface area (Å²) in [6.07, 6.45) is 2.39. The Morgan fingerprint density at radius 3 is 2.09 bits per heavy atom. The average molecular weight is 629 g/mol. The van der Waals surface area contributed by atoms with Crippen LogP contribution in [0.4, 0.5) is 10.5 Å². The van der Waals surface area contributed by atoms with Gasteiger partial charge >= 0.3 is 12.1 Å². The van der Waals surface area contributed by atoms with Gasteiger partial charge in [0.2, 0.25) is 0 Å². The van der Waals surface area contributed by atoms with Crippen LogP contribution in [0.15, 0.2) is 97.1 Å². The van der Waals surface area contributed by atoms with E-state index in [2.05, 4.69) is 10.1 Å². The van der Waals surface area contributed by atoms with Crippen molar-refractivity contribution in [3.63, 3.8) is 0 Å². The van der Waals surface area contributed by atoms with Crippen molar-refractivity contribution < 1.29 is 28.6 Å². The number of rotatable bonds is 14. The van der Waals surface area contributed by atoms with Gasteiger partial charge in [0.05, 0.1) is 19.8 Å². The van der Waals surface area contributed by atoms with Crippen LogP contribution in [-0.2, 0) is 20.7 Å². The molecule has 4 aromatic rings. The number of methoxy groups -OCH3 is 2. The molecule has 1 N–H and O–H groups in total. The van der Waals surface area contributed by atoms with E-state index in [0.717, 1.165) is 45.9 Å². The number of carbonyl (C=O) groups is 3. The zero-order chi connectivity index (χ0) is 32.0. The Labute approximate surface area is 268 Å². The van der Waals surface area contributed by atoms with E-state index in [1.807, 2.05) is 78.9 Å². The maximum atomic E-state index is 13.6. The van der Waals surface area contributed by atoms with Crippen LogP contribution in [0.3, 0.4) is 0 Å². The highest BCUT2D eigenvalue weighted by atomic mass is 35.5. The SMILES string of the molecule is COC(=O)CCCCCNc1ccc(Cl)cc1C(=O)N(CCc1ccc(-c2ccc(Oc3ccccc3)cc2)cc1)C(=O)OC. The molecular weight excluding hydrogens is 592 g/mol. The predicted molar refractivity (Wildman–Crippen MR) is 176 cm³/mol. The Hall–Kier alpha value is -4.82. The van der Waals surface area contributed by atoms with Gasteiger partial charge < -0.3 is 19.5 Å². The number of unbranched alkanes of at least 4 members (excludes halogenated alkanes) is 2. The lowest BCUT2D eigenvalue weighted by molar-refractivity contribution is -0.140. The maximum absolute atomic E-state index is 13.6. The van der Waals surface area contributed by atoms with E-state index in [4.69, 9.17) is 21.1 Å². The van der Waals surface area contributed by atoms with Crippen molar-refractivity contribution in [1.29, 1.82) is 0 Å². The van der Waals surface area contributed by atoms with Gasteiger partial charge in [-0.1, -0.05) is 72.6 Å². The minimum atomic E-state index is -0.747. The average Bonchev–Trinajstić information content (AvgIpc) is 3.07. The van der Waals surface area contributed by atoms with Gasteiger partial charge in [0, 0.05) is 30.2 Å². The number of anilines is 1. The fourth-order valence-electron chi connectivity index (χ4n) is 4.72. The third kappa shape index (κ3) is 9.84. The highest BCUT2D eigenvalue weighted by Gasteiger charge is 2.26. The summed E-state index contributed by atoms with van der Waals surface area (Å²) in [6, 6.07) is 30.4. The molecule has 0 aromatic heterocycles. The Morgan fingerprint density at radius 1 is 0.756 bits per heavy atom. The van der Waals surface area contributed by atoms with Gasteiger partial charge in [-0.15, -0.1) is 0 Å². The lowest BCUT2D eigenvalue weighted by atomic mass is 10.0. The highest BCUT2D eigenvalue weighted by molar-refractivity contribution is 6.31. The van der Waals surface area contributed by atoms with Crippen LogP contribution in [0.5, 0.6) is 11.5 Å². The largest absolute Gasteiger partial charge is 0.469 e. The van der Waals surface area contributed by atoms with Gasteiger partial charge in [0.1, 0.15) is 11.5 Å². The second-order valence-corrected chi connectivity index (χ2v) is 10.8. The summed E-state index contributed by atoms with van der Waals surface area (Å²) in [5.41, 5.74) is 3.87. The summed E-state index contributed by atoms with van der Waals surface area (Å²) >= 11 is 6.24. The van der Waals surface area contributed by atoms with Gasteiger partial charge in [0.15, 0.2) is 0 Å². The third-order valence-electron chi connectivity index (χ3n) is 7.20. The molecule has 8 nitrogen and oxygen atoms in total. The molecule has 2 amide bonds. The number of hydrogen-bond acceptors (Lipinski definition) is 7. The molecule has 0 aliphatic carbocycles. The summed E-state index contributed by atoms with van der Waals surface area (Å²) in [6.45, 7) is 0.701. The molecule has 0 fully saturated rings. The van der Waals surface area contributed by atoms with E-state index in [-0.39, 0.29) is 18.1 Å². The topological polar surface area (TPSA) is 94.2 Å². The van der Waals surface area contributed by atoms with E-state index in [9.17, 15) is 14.4 Å². The quantitative estimate of drug-likeness (QED) is 0.111. The second kappa shape index (κ2) is 16.9. The van der Waals surface area contributed by atoms with Crippen LogP contribution >= 0.6 is 11.6 Å². The molecule has 45 heavy (non-hydrogen) atoms. The Kier molecular flexibility index (Phi) is 12.4. The van der Waals surface area contributed by atoms with Gasteiger partial charge in [-0.25, -0.2) is 9.69 Å². The van der Waals surface area contributed by atoms with Gasteiger partial charge in [-0.2, -0.15) is 0 Å². The third-order valence-corrected chi connectivity index (χ3v) is 7.43. The summed E-state index contributed by atoms with van der Waals surface area (Å²) in [7, 11) is 2.62. The number of carbonyl (C=O) groups excluding carboxylic acids is 3. The van der Waals surface area contributed by atoms with Crippen LogP contribution in [0.2, 0.25) is 5.02 Å². The van der Waals surface area contributed by atoms with E-state index < -0.39 is 12.0 Å². The monoisotopic (exact) mass is 628 g/mol. The zero-order valence-corrected chi connectivity index (χ0v) is 26.2. The molecule has 0 bridgehead atoms. The van der Waals surface area contributed by atoms with Crippen LogP contribution in [0, 0.1) is 0 Å². The number of benzene rings is 4. The normalized spacial score (nSPS) is 10.6. The summed E-state index contributed by atoms with van der Waals surface area (Å²) in [5.74, 6) is 0.795. The minimum Gasteiger partial charge on any atom is -0.469 e. The fraction of sp³-hybridized carbons (Fsp3) is 0.250. The van der Waals surface area contributed by atoms with Crippen LogP contribution in [-0.4, -0.2) is 50.2 Å². The van der Waals surface area contributed by atoms with Gasteiger partial charge in [-0.05, 0) is 78.4 Å². The first-order chi connectivity index (χ1) is 21.9. The van der Waals surface area contributed by atoms with E-state index in [0.29, 0.717) is 36.5 Å². The first kappa shape index (κ1) is 33.1. The van der Waals surface area contributed by atoms with Crippen molar-refractivity contribution in [2.45, 2.75) is 32.1 Å². The summed E-state index contributed by atoms with van der Waals surface area (Å²) in [5, 5.41) is 3.64. The van der Waals surface area contributed by atoms with E-state index in [1.54, 1.807) is 18.2 Å². The number of para-hydroxylation sites is 1. The molecule has 4 aromatic carbocycles. The molecule has 0 atom stereocenters. The lowest BCUT2D eigenvalue weighted by Crippen LogP contribution is -2.38. The number of hydrogen-bond donors (Lipinski definition) is 1. The highest BCUT2D eigenvalue weighted by Crippen LogP contribution is 2.27. The number of amides is 2. The van der Waals surface area contributed by atoms with Crippen LogP contribution in [0.25, 0.3) is 11.1 Å². The molecule has 0 heterocycles. The van der Waals surface area contributed by atoms with E-state index >= 15 is 0 Å². The first-order valence-corrected chi connectivity index (χ1v) is 15.2.